The molecule has 0 bridgehead atoms. The van der Waals surface area contributed by atoms with Crippen LogP contribution in [0.25, 0.3) is 0 Å². The molecule has 0 radical (unpaired) electrons. The topological polar surface area (TPSA) is 102 Å². The molecule has 5 nitrogen and oxygen atoms in total. The van der Waals surface area contributed by atoms with Gasteiger partial charge in [0.25, 0.3) is 0 Å². The van der Waals surface area contributed by atoms with Crippen LogP contribution >= 0.6 is 23.4 Å². The third kappa shape index (κ3) is 3.28. The average Bonchev–Trinajstić information content (AvgIpc) is 2.12. The van der Waals surface area contributed by atoms with E-state index in [-0.39, 0.29) is 0 Å². The molecule has 14 heavy (non-hydrogen) atoms. The maximum Gasteiger partial charge on any atom is 0.191 e. The molecule has 74 valence electrons. The number of hydrogen-bond donors (Lipinski definition) is 2. The van der Waals surface area contributed by atoms with Gasteiger partial charge in [-0.15, -0.1) is 11.6 Å². The molecule has 0 fully saturated rings. The van der Waals surface area contributed by atoms with Gasteiger partial charge >= 0.3 is 0 Å². The van der Waals surface area contributed by atoms with E-state index >= 15 is 0 Å². The number of anilines is 2. The molecule has 0 aliphatic rings. The average molecular weight is 230 g/mol. The van der Waals surface area contributed by atoms with Crippen molar-refractivity contribution in [2.75, 3.05) is 17.2 Å². The van der Waals surface area contributed by atoms with Crippen LogP contribution in [0.4, 0.5) is 11.6 Å². The highest BCUT2D eigenvalue weighted by molar-refractivity contribution is 7.99. The second-order valence-electron chi connectivity index (χ2n) is 2.41. The SMILES string of the molecule is N#CC(Cl)CSc1nc(N)cc(N)n1. The van der Waals surface area contributed by atoms with Crippen molar-refractivity contribution < 1.29 is 0 Å². The zero-order valence-electron chi connectivity index (χ0n) is 7.14. The Morgan fingerprint density at radius 1 is 1.50 bits per heavy atom. The van der Waals surface area contributed by atoms with Crippen LogP contribution in [-0.2, 0) is 0 Å². The lowest BCUT2D eigenvalue weighted by Gasteiger charge is -2.02. The van der Waals surface area contributed by atoms with Gasteiger partial charge in [-0.25, -0.2) is 9.97 Å². The first kappa shape index (κ1) is 10.9. The molecule has 1 heterocycles. The van der Waals surface area contributed by atoms with Crippen LogP contribution in [0, 0.1) is 11.3 Å². The van der Waals surface area contributed by atoms with E-state index in [9.17, 15) is 0 Å². The van der Waals surface area contributed by atoms with E-state index in [1.54, 1.807) is 0 Å². The number of thioether (sulfide) groups is 1. The van der Waals surface area contributed by atoms with Gasteiger partial charge in [-0.05, 0) is 0 Å². The highest BCUT2D eigenvalue weighted by Crippen LogP contribution is 2.18. The maximum atomic E-state index is 8.44. The third-order valence-corrected chi connectivity index (χ3v) is 2.62. The standard InChI is InChI=1S/C7H8ClN5S/c8-4(2-9)3-14-7-12-5(10)1-6(11)13-7/h1,4H,3H2,(H4,10,11,12,13). The quantitative estimate of drug-likeness (QED) is 0.453. The summed E-state index contributed by atoms with van der Waals surface area (Å²) < 4.78 is 0. The fourth-order valence-corrected chi connectivity index (χ4v) is 1.61. The van der Waals surface area contributed by atoms with Crippen LogP contribution in [0.2, 0.25) is 0 Å². The molecule has 1 aromatic rings. The van der Waals surface area contributed by atoms with Gasteiger partial charge < -0.3 is 11.5 Å². The van der Waals surface area contributed by atoms with E-state index in [0.29, 0.717) is 22.5 Å². The second-order valence-corrected chi connectivity index (χ2v) is 3.92. The van der Waals surface area contributed by atoms with Crippen molar-refractivity contribution in [2.24, 2.45) is 0 Å². The Balaban J connectivity index is 2.64. The molecular weight excluding hydrogens is 222 g/mol. The number of alkyl halides is 1. The number of aromatic nitrogens is 2. The van der Waals surface area contributed by atoms with Crippen LogP contribution in [0.3, 0.4) is 0 Å². The minimum absolute atomic E-state index is 0.308. The Kier molecular flexibility index (Phi) is 3.80. The predicted molar refractivity (Wildman–Crippen MR) is 56.8 cm³/mol. The molecule has 7 heteroatoms. The van der Waals surface area contributed by atoms with Gasteiger partial charge in [0.15, 0.2) is 5.16 Å². The van der Waals surface area contributed by atoms with Gasteiger partial charge in [0.2, 0.25) is 0 Å². The minimum atomic E-state index is -0.564. The molecule has 1 atom stereocenters. The summed E-state index contributed by atoms with van der Waals surface area (Å²) >= 11 is 6.84. The summed E-state index contributed by atoms with van der Waals surface area (Å²) in [4.78, 5) is 7.84. The number of nitrogen functional groups attached to an aromatic ring is 2. The first-order valence-electron chi connectivity index (χ1n) is 3.68. The predicted octanol–water partition coefficient (Wildman–Crippen LogP) is 0.864. The summed E-state index contributed by atoms with van der Waals surface area (Å²) in [5.41, 5.74) is 10.9. The molecule has 1 aromatic heterocycles. The Morgan fingerprint density at radius 2 is 2.07 bits per heavy atom. The fourth-order valence-electron chi connectivity index (χ4n) is 0.711. The number of hydrogen-bond acceptors (Lipinski definition) is 6. The van der Waals surface area contributed by atoms with Crippen LogP contribution < -0.4 is 11.5 Å². The van der Waals surface area contributed by atoms with Gasteiger partial charge in [-0.1, -0.05) is 11.8 Å². The molecule has 1 rings (SSSR count). The van der Waals surface area contributed by atoms with Crippen LogP contribution in [0.5, 0.6) is 0 Å². The van der Waals surface area contributed by atoms with Gasteiger partial charge in [-0.3, -0.25) is 0 Å². The minimum Gasteiger partial charge on any atom is -0.383 e. The fraction of sp³-hybridized carbons (Fsp3) is 0.286. The molecule has 0 amide bonds. The number of halogens is 1. The van der Waals surface area contributed by atoms with Crippen molar-refractivity contribution in [1.29, 1.82) is 5.26 Å². The molecule has 0 saturated carbocycles. The zero-order chi connectivity index (χ0) is 10.6. The largest absolute Gasteiger partial charge is 0.383 e. The Labute approximate surface area is 90.5 Å². The Hall–Kier alpha value is -1.19. The summed E-state index contributed by atoms with van der Waals surface area (Å²) in [6, 6.07) is 3.36. The molecule has 0 aliphatic heterocycles. The molecule has 0 aromatic carbocycles. The monoisotopic (exact) mass is 229 g/mol. The van der Waals surface area contributed by atoms with Gasteiger partial charge in [0.1, 0.15) is 17.0 Å². The molecule has 1 unspecified atom stereocenters. The van der Waals surface area contributed by atoms with E-state index < -0.39 is 5.38 Å². The van der Waals surface area contributed by atoms with Crippen LogP contribution in [-0.4, -0.2) is 21.1 Å². The number of nitriles is 1. The number of nitrogens with zero attached hydrogens (tertiary/aromatic N) is 3. The third-order valence-electron chi connectivity index (χ3n) is 1.24. The maximum absolute atomic E-state index is 8.44. The molecule has 0 aliphatic carbocycles. The highest BCUT2D eigenvalue weighted by atomic mass is 35.5. The Morgan fingerprint density at radius 3 is 2.57 bits per heavy atom. The number of nitrogens with two attached hydrogens (primary N) is 2. The summed E-state index contributed by atoms with van der Waals surface area (Å²) in [5.74, 6) is 1.02. The summed E-state index contributed by atoms with van der Waals surface area (Å²) in [5, 5.41) is 8.31. The molecule has 4 N–H and O–H groups in total. The summed E-state index contributed by atoms with van der Waals surface area (Å²) in [6.45, 7) is 0. The van der Waals surface area contributed by atoms with Gasteiger partial charge in [-0.2, -0.15) is 5.26 Å². The van der Waals surface area contributed by atoms with Crippen LogP contribution in [0.15, 0.2) is 11.2 Å². The van der Waals surface area contributed by atoms with Gasteiger partial charge in [0, 0.05) is 11.8 Å². The van der Waals surface area contributed by atoms with E-state index in [1.807, 2.05) is 6.07 Å². The molecule has 0 spiro atoms. The van der Waals surface area contributed by atoms with Crippen molar-refractivity contribution in [3.63, 3.8) is 0 Å². The van der Waals surface area contributed by atoms with Crippen LogP contribution in [0.1, 0.15) is 0 Å². The van der Waals surface area contributed by atoms with Crippen molar-refractivity contribution in [3.05, 3.63) is 6.07 Å². The summed E-state index contributed by atoms with van der Waals surface area (Å²) in [7, 11) is 0. The smallest absolute Gasteiger partial charge is 0.191 e. The highest BCUT2D eigenvalue weighted by Gasteiger charge is 2.06. The first-order chi connectivity index (χ1) is 6.61. The normalized spacial score (nSPS) is 12.0. The van der Waals surface area contributed by atoms with E-state index in [1.165, 1.54) is 17.8 Å². The summed E-state index contributed by atoms with van der Waals surface area (Å²) in [6.07, 6.45) is 0. The van der Waals surface area contributed by atoms with Gasteiger partial charge in [0.05, 0.1) is 6.07 Å². The number of rotatable bonds is 3. The zero-order valence-corrected chi connectivity index (χ0v) is 8.72. The lowest BCUT2D eigenvalue weighted by Crippen LogP contribution is -2.02. The van der Waals surface area contributed by atoms with E-state index in [2.05, 4.69) is 9.97 Å². The lowest BCUT2D eigenvalue weighted by molar-refractivity contribution is 0.983. The lowest BCUT2D eigenvalue weighted by atomic mass is 10.5. The van der Waals surface area contributed by atoms with E-state index in [0.717, 1.165) is 0 Å². The van der Waals surface area contributed by atoms with E-state index in [4.69, 9.17) is 28.3 Å². The van der Waals surface area contributed by atoms with Crippen molar-refractivity contribution >= 4 is 35.0 Å². The molecule has 0 saturated heterocycles. The second kappa shape index (κ2) is 4.88. The molecular formula is C7H8ClN5S. The van der Waals surface area contributed by atoms with Crippen molar-refractivity contribution in [1.82, 2.24) is 9.97 Å². The Bertz CT molecular complexity index is 343. The van der Waals surface area contributed by atoms with Crippen molar-refractivity contribution in [2.45, 2.75) is 10.5 Å². The van der Waals surface area contributed by atoms with Crippen molar-refractivity contribution in [3.8, 4) is 6.07 Å². The first-order valence-corrected chi connectivity index (χ1v) is 5.10.